The maximum absolute atomic E-state index is 9.39. The van der Waals surface area contributed by atoms with Crippen molar-refractivity contribution in [3.63, 3.8) is 0 Å². The van der Waals surface area contributed by atoms with Crippen LogP contribution in [-0.4, -0.2) is 29.4 Å². The number of nitrogen functional groups attached to an aromatic ring is 1. The van der Waals surface area contributed by atoms with Crippen LogP contribution < -0.4 is 15.2 Å². The first-order chi connectivity index (χ1) is 11.7. The van der Waals surface area contributed by atoms with Gasteiger partial charge >= 0.3 is 0 Å². The molecule has 0 aliphatic heterocycles. The van der Waals surface area contributed by atoms with Crippen molar-refractivity contribution >= 4 is 5.82 Å². The SMILES string of the molecule is COc1ccc(-c2cc(-c3cn[nH]c3)c(C#N)c(N)n2)c(OC)c1. The van der Waals surface area contributed by atoms with Crippen molar-refractivity contribution in [1.82, 2.24) is 15.2 Å². The van der Waals surface area contributed by atoms with Gasteiger partial charge in [0.25, 0.3) is 0 Å². The number of nitriles is 1. The standard InChI is InChI=1S/C17H15N5O2/c1-23-11-3-4-12(16(5-11)24-2)15-6-13(10-8-20-21-9-10)14(7-18)17(19)22-15/h3-6,8-9H,1-2H3,(H2,19,22)(H,20,21). The van der Waals surface area contributed by atoms with E-state index in [1.807, 2.05) is 12.1 Å². The van der Waals surface area contributed by atoms with Gasteiger partial charge in [0.1, 0.15) is 28.9 Å². The number of aromatic nitrogens is 3. The Morgan fingerprint density at radius 2 is 2.00 bits per heavy atom. The van der Waals surface area contributed by atoms with E-state index in [-0.39, 0.29) is 5.82 Å². The zero-order valence-electron chi connectivity index (χ0n) is 13.2. The summed E-state index contributed by atoms with van der Waals surface area (Å²) in [7, 11) is 3.16. The molecule has 3 N–H and O–H groups in total. The monoisotopic (exact) mass is 321 g/mol. The molecule has 0 radical (unpaired) electrons. The quantitative estimate of drug-likeness (QED) is 0.764. The van der Waals surface area contributed by atoms with Crippen molar-refractivity contribution in [2.45, 2.75) is 0 Å². The molecule has 0 amide bonds. The molecule has 0 fully saturated rings. The Hall–Kier alpha value is -3.53. The minimum absolute atomic E-state index is 0.157. The van der Waals surface area contributed by atoms with Gasteiger partial charge in [0.05, 0.1) is 26.1 Å². The number of ether oxygens (including phenoxy) is 2. The molecule has 120 valence electrons. The van der Waals surface area contributed by atoms with Crippen molar-refractivity contribution in [3.05, 3.63) is 42.2 Å². The van der Waals surface area contributed by atoms with Gasteiger partial charge in [-0.1, -0.05) is 0 Å². The van der Waals surface area contributed by atoms with E-state index in [4.69, 9.17) is 15.2 Å². The molecule has 0 aliphatic rings. The van der Waals surface area contributed by atoms with Gasteiger partial charge in [-0.05, 0) is 18.2 Å². The Kier molecular flexibility index (Phi) is 4.03. The van der Waals surface area contributed by atoms with Crippen molar-refractivity contribution in [3.8, 4) is 40.0 Å². The van der Waals surface area contributed by atoms with Crippen LogP contribution in [0.1, 0.15) is 5.56 Å². The minimum atomic E-state index is 0.157. The number of hydrogen-bond acceptors (Lipinski definition) is 6. The number of benzene rings is 1. The van der Waals surface area contributed by atoms with Crippen molar-refractivity contribution < 1.29 is 9.47 Å². The molecule has 0 bridgehead atoms. The number of nitrogens with two attached hydrogens (primary N) is 1. The van der Waals surface area contributed by atoms with Crippen LogP contribution in [-0.2, 0) is 0 Å². The van der Waals surface area contributed by atoms with Gasteiger partial charge in [-0.2, -0.15) is 10.4 Å². The molecule has 0 saturated heterocycles. The molecule has 1 aromatic carbocycles. The third-order valence-corrected chi connectivity index (χ3v) is 3.65. The molecule has 24 heavy (non-hydrogen) atoms. The number of nitrogens with zero attached hydrogens (tertiary/aromatic N) is 3. The fourth-order valence-corrected chi connectivity index (χ4v) is 2.46. The zero-order valence-corrected chi connectivity index (χ0v) is 13.2. The predicted octanol–water partition coefficient (Wildman–Crippen LogP) is 2.61. The van der Waals surface area contributed by atoms with Crippen molar-refractivity contribution in [2.75, 3.05) is 20.0 Å². The molecule has 0 saturated carbocycles. The van der Waals surface area contributed by atoms with Gasteiger partial charge < -0.3 is 15.2 Å². The maximum atomic E-state index is 9.39. The highest BCUT2D eigenvalue weighted by molar-refractivity contribution is 5.81. The van der Waals surface area contributed by atoms with Gasteiger partial charge in [0, 0.05) is 29.0 Å². The van der Waals surface area contributed by atoms with E-state index < -0.39 is 0 Å². The molecule has 7 heteroatoms. The molecule has 0 aliphatic carbocycles. The number of pyridine rings is 1. The Bertz CT molecular complexity index is 913. The average molecular weight is 321 g/mol. The summed E-state index contributed by atoms with van der Waals surface area (Å²) in [5.74, 6) is 1.43. The number of methoxy groups -OCH3 is 2. The average Bonchev–Trinajstić information content (AvgIpc) is 3.14. The second-order valence-electron chi connectivity index (χ2n) is 4.98. The minimum Gasteiger partial charge on any atom is -0.497 e. The number of H-pyrrole nitrogens is 1. The van der Waals surface area contributed by atoms with E-state index >= 15 is 0 Å². The van der Waals surface area contributed by atoms with E-state index in [1.54, 1.807) is 38.7 Å². The van der Waals surface area contributed by atoms with Crippen LogP contribution in [0.5, 0.6) is 11.5 Å². The lowest BCUT2D eigenvalue weighted by Gasteiger charge is -2.12. The first-order valence-electron chi connectivity index (χ1n) is 7.10. The fraction of sp³-hybridized carbons (Fsp3) is 0.118. The number of nitrogens with one attached hydrogen (secondary N) is 1. The Morgan fingerprint density at radius 1 is 1.17 bits per heavy atom. The molecule has 0 spiro atoms. The van der Waals surface area contributed by atoms with E-state index in [0.717, 1.165) is 11.1 Å². The summed E-state index contributed by atoms with van der Waals surface area (Å²) in [6.07, 6.45) is 3.33. The third-order valence-electron chi connectivity index (χ3n) is 3.65. The van der Waals surface area contributed by atoms with E-state index in [2.05, 4.69) is 21.3 Å². The summed E-state index contributed by atoms with van der Waals surface area (Å²) in [6.45, 7) is 0. The van der Waals surface area contributed by atoms with Gasteiger partial charge in [-0.3, -0.25) is 5.10 Å². The molecule has 7 nitrogen and oxygen atoms in total. The highest BCUT2D eigenvalue weighted by Gasteiger charge is 2.16. The van der Waals surface area contributed by atoms with Gasteiger partial charge in [-0.25, -0.2) is 4.98 Å². The number of anilines is 1. The van der Waals surface area contributed by atoms with Crippen LogP contribution in [0.3, 0.4) is 0 Å². The van der Waals surface area contributed by atoms with Gasteiger partial charge in [0.15, 0.2) is 0 Å². The molecule has 2 heterocycles. The summed E-state index contributed by atoms with van der Waals surface area (Å²) in [5.41, 5.74) is 9.07. The number of hydrogen-bond donors (Lipinski definition) is 2. The third kappa shape index (κ3) is 2.61. The lowest BCUT2D eigenvalue weighted by Crippen LogP contribution is -2.00. The smallest absolute Gasteiger partial charge is 0.142 e. The molecule has 0 unspecified atom stereocenters. The number of rotatable bonds is 4. The highest BCUT2D eigenvalue weighted by atomic mass is 16.5. The van der Waals surface area contributed by atoms with E-state index in [1.165, 1.54) is 0 Å². The van der Waals surface area contributed by atoms with E-state index in [9.17, 15) is 5.26 Å². The summed E-state index contributed by atoms with van der Waals surface area (Å²) >= 11 is 0. The van der Waals surface area contributed by atoms with Crippen LogP contribution in [0.25, 0.3) is 22.4 Å². The summed E-state index contributed by atoms with van der Waals surface area (Å²) in [6, 6.07) is 9.31. The molecular weight excluding hydrogens is 306 g/mol. The second-order valence-corrected chi connectivity index (χ2v) is 4.98. The lowest BCUT2D eigenvalue weighted by molar-refractivity contribution is 0.395. The first kappa shape index (κ1) is 15.4. The summed E-state index contributed by atoms with van der Waals surface area (Å²) in [4.78, 5) is 4.35. The molecule has 3 rings (SSSR count). The molecule has 3 aromatic rings. The van der Waals surface area contributed by atoms with Crippen molar-refractivity contribution in [2.24, 2.45) is 0 Å². The fourth-order valence-electron chi connectivity index (χ4n) is 2.46. The van der Waals surface area contributed by atoms with Crippen LogP contribution in [0.15, 0.2) is 36.7 Å². The topological polar surface area (TPSA) is 110 Å². The van der Waals surface area contributed by atoms with E-state index in [0.29, 0.717) is 28.3 Å². The van der Waals surface area contributed by atoms with Crippen LogP contribution >= 0.6 is 0 Å². The molecular formula is C17H15N5O2. The Morgan fingerprint density at radius 3 is 2.62 bits per heavy atom. The molecule has 0 atom stereocenters. The maximum Gasteiger partial charge on any atom is 0.142 e. The van der Waals surface area contributed by atoms with Crippen LogP contribution in [0.2, 0.25) is 0 Å². The van der Waals surface area contributed by atoms with Crippen LogP contribution in [0, 0.1) is 11.3 Å². The zero-order chi connectivity index (χ0) is 17.1. The largest absolute Gasteiger partial charge is 0.497 e. The summed E-state index contributed by atoms with van der Waals surface area (Å²) in [5, 5.41) is 16.0. The van der Waals surface area contributed by atoms with Crippen LogP contribution in [0.4, 0.5) is 5.82 Å². The first-order valence-corrected chi connectivity index (χ1v) is 7.10. The second kappa shape index (κ2) is 6.30. The molecule has 2 aromatic heterocycles. The summed E-state index contributed by atoms with van der Waals surface area (Å²) < 4.78 is 10.6. The van der Waals surface area contributed by atoms with Gasteiger partial charge in [-0.15, -0.1) is 0 Å². The highest BCUT2D eigenvalue weighted by Crippen LogP contribution is 2.36. The van der Waals surface area contributed by atoms with Gasteiger partial charge in [0.2, 0.25) is 0 Å². The predicted molar refractivity (Wildman–Crippen MR) is 89.5 cm³/mol. The lowest BCUT2D eigenvalue weighted by atomic mass is 10.0. The Labute approximate surface area is 138 Å². The normalized spacial score (nSPS) is 10.2. The number of aromatic amines is 1. The Balaban J connectivity index is 2.22. The van der Waals surface area contributed by atoms with Crippen molar-refractivity contribution in [1.29, 1.82) is 5.26 Å².